The number of aliphatic hydroxyl groups is 2. The molecule has 5 aromatic carbocycles. The van der Waals surface area contributed by atoms with E-state index in [1.54, 1.807) is 12.1 Å². The molecule has 7 heteroatoms. The maximum Gasteiger partial charge on any atom is 0.167 e. The molecule has 1 heterocycles. The number of aromatic hydroxyl groups is 1. The van der Waals surface area contributed by atoms with Crippen LogP contribution >= 0.6 is 0 Å². The molecule has 1 atom stereocenters. The molecule has 6 rings (SSSR count). The Morgan fingerprint density at radius 3 is 1.44 bits per heavy atom. The topological polar surface area (TPSA) is 109 Å². The lowest BCUT2D eigenvalue weighted by atomic mass is 10.0. The highest BCUT2D eigenvalue weighted by Gasteiger charge is 2.16. The van der Waals surface area contributed by atoms with Gasteiger partial charge in [0, 0.05) is 17.2 Å². The predicted octanol–water partition coefficient (Wildman–Crippen LogP) is 6.64. The third-order valence-electron chi connectivity index (χ3n) is 7.00. The first-order valence-electron chi connectivity index (χ1n) is 13.9. The van der Waals surface area contributed by atoms with Crippen LogP contribution in [0.5, 0.6) is 11.5 Å². The van der Waals surface area contributed by atoms with Gasteiger partial charge in [0.1, 0.15) is 24.2 Å². The average Bonchev–Trinajstić information content (AvgIpc) is 3.08. The Hall–Kier alpha value is -5.37. The minimum atomic E-state index is -1.02. The third-order valence-corrected chi connectivity index (χ3v) is 7.00. The molecule has 0 fully saturated rings. The zero-order chi connectivity index (χ0) is 29.6. The summed E-state index contributed by atoms with van der Waals surface area (Å²) in [5.74, 6) is 1.50. The Morgan fingerprint density at radius 1 is 0.535 bits per heavy atom. The fourth-order valence-corrected chi connectivity index (χ4v) is 4.67. The van der Waals surface area contributed by atoms with Crippen molar-refractivity contribution in [1.29, 1.82) is 0 Å². The molecule has 0 saturated heterocycles. The van der Waals surface area contributed by atoms with Gasteiger partial charge in [-0.25, -0.2) is 15.0 Å². The number of hydrogen-bond acceptors (Lipinski definition) is 7. The maximum atomic E-state index is 10.9. The summed E-state index contributed by atoms with van der Waals surface area (Å²) in [5, 5.41) is 29.6. The Kier molecular flexibility index (Phi) is 8.17. The molecular weight excluding hydrogens is 538 g/mol. The molecule has 0 spiro atoms. The number of benzene rings is 5. The molecule has 0 radical (unpaired) electrons. The number of phenolic OH excluding ortho intramolecular Hbond substituents is 1. The zero-order valence-corrected chi connectivity index (χ0v) is 23.2. The van der Waals surface area contributed by atoms with Crippen molar-refractivity contribution in [3.8, 4) is 67.9 Å². The molecule has 1 unspecified atom stereocenters. The Balaban J connectivity index is 1.39. The van der Waals surface area contributed by atoms with Crippen LogP contribution < -0.4 is 4.74 Å². The minimum absolute atomic E-state index is 0.0852. The van der Waals surface area contributed by atoms with E-state index in [-0.39, 0.29) is 12.4 Å². The van der Waals surface area contributed by atoms with E-state index in [1.165, 1.54) is 6.07 Å². The average molecular weight is 568 g/mol. The first-order chi connectivity index (χ1) is 21.1. The van der Waals surface area contributed by atoms with Gasteiger partial charge in [0.15, 0.2) is 17.5 Å². The molecule has 6 aromatic rings. The van der Waals surface area contributed by atoms with Gasteiger partial charge in [0.25, 0.3) is 0 Å². The van der Waals surface area contributed by atoms with E-state index in [4.69, 9.17) is 24.8 Å². The van der Waals surface area contributed by atoms with Crippen LogP contribution in [0.1, 0.15) is 0 Å². The summed E-state index contributed by atoms with van der Waals surface area (Å²) >= 11 is 0. The summed E-state index contributed by atoms with van der Waals surface area (Å²) in [7, 11) is 0. The second-order valence-corrected chi connectivity index (χ2v) is 10.0. The lowest BCUT2D eigenvalue weighted by Gasteiger charge is -2.12. The van der Waals surface area contributed by atoms with Crippen LogP contribution in [0.4, 0.5) is 0 Å². The standard InChI is InChI=1S/C36H29N3O4/c40-22-30(41)23-43-31-19-20-32(33(42)21-31)36-38-34(28-15-11-26(12-16-28)24-7-3-1-4-8-24)37-35(39-36)29-17-13-27(14-18-29)25-9-5-2-6-10-25/h1-21,30,40-42H,22-23H2. The van der Waals surface area contributed by atoms with E-state index in [0.717, 1.165) is 33.4 Å². The van der Waals surface area contributed by atoms with Gasteiger partial charge in [0.05, 0.1) is 12.2 Å². The largest absolute Gasteiger partial charge is 0.507 e. The van der Waals surface area contributed by atoms with Gasteiger partial charge in [-0.15, -0.1) is 0 Å². The number of aromatic nitrogens is 3. The minimum Gasteiger partial charge on any atom is -0.507 e. The lowest BCUT2D eigenvalue weighted by Crippen LogP contribution is -2.21. The summed E-state index contributed by atoms with van der Waals surface area (Å²) in [6.45, 7) is -0.521. The van der Waals surface area contributed by atoms with E-state index >= 15 is 0 Å². The molecule has 0 aliphatic heterocycles. The zero-order valence-electron chi connectivity index (χ0n) is 23.2. The quantitative estimate of drug-likeness (QED) is 0.180. The molecule has 0 bridgehead atoms. The molecule has 0 aliphatic rings. The van der Waals surface area contributed by atoms with E-state index in [9.17, 15) is 10.2 Å². The fourth-order valence-electron chi connectivity index (χ4n) is 4.67. The van der Waals surface area contributed by atoms with Crippen molar-refractivity contribution in [1.82, 2.24) is 15.0 Å². The van der Waals surface area contributed by atoms with Crippen LogP contribution in [0.3, 0.4) is 0 Å². The second-order valence-electron chi connectivity index (χ2n) is 10.0. The third kappa shape index (κ3) is 6.43. The molecule has 7 nitrogen and oxygen atoms in total. The van der Waals surface area contributed by atoms with Crippen molar-refractivity contribution in [2.24, 2.45) is 0 Å². The highest BCUT2D eigenvalue weighted by atomic mass is 16.5. The van der Waals surface area contributed by atoms with Crippen LogP contribution in [0.15, 0.2) is 127 Å². The SMILES string of the molecule is OCC(O)COc1ccc(-c2nc(-c3ccc(-c4ccccc4)cc3)nc(-c3ccc(-c4ccccc4)cc3)n2)c(O)c1. The Bertz CT molecular complexity index is 1710. The van der Waals surface area contributed by atoms with Crippen molar-refractivity contribution in [3.63, 3.8) is 0 Å². The highest BCUT2D eigenvalue weighted by molar-refractivity contribution is 5.73. The molecule has 1 aromatic heterocycles. The van der Waals surface area contributed by atoms with Gasteiger partial charge in [-0.3, -0.25) is 0 Å². The van der Waals surface area contributed by atoms with E-state index in [0.29, 0.717) is 28.8 Å². The first-order valence-corrected chi connectivity index (χ1v) is 13.9. The number of nitrogens with zero attached hydrogens (tertiary/aromatic N) is 3. The smallest absolute Gasteiger partial charge is 0.167 e. The second kappa shape index (κ2) is 12.7. The summed E-state index contributed by atoms with van der Waals surface area (Å²) in [5.41, 5.74) is 6.41. The van der Waals surface area contributed by atoms with Crippen LogP contribution in [0.25, 0.3) is 56.4 Å². The summed E-state index contributed by atoms with van der Waals surface area (Å²) in [4.78, 5) is 14.3. The maximum absolute atomic E-state index is 10.9. The summed E-state index contributed by atoms with van der Waals surface area (Å²) < 4.78 is 5.49. The number of rotatable bonds is 9. The number of phenols is 1. The van der Waals surface area contributed by atoms with Crippen molar-refractivity contribution >= 4 is 0 Å². The van der Waals surface area contributed by atoms with Gasteiger partial charge in [-0.2, -0.15) is 0 Å². The van der Waals surface area contributed by atoms with Gasteiger partial charge >= 0.3 is 0 Å². The molecular formula is C36H29N3O4. The Morgan fingerprint density at radius 2 is 0.977 bits per heavy atom. The van der Waals surface area contributed by atoms with Crippen LogP contribution in [0.2, 0.25) is 0 Å². The van der Waals surface area contributed by atoms with Crippen molar-refractivity contribution < 1.29 is 20.1 Å². The summed E-state index contributed by atoms with van der Waals surface area (Å²) in [6, 6.07) is 41.1. The molecule has 0 aliphatic carbocycles. The fraction of sp³-hybridized carbons (Fsp3) is 0.0833. The van der Waals surface area contributed by atoms with Gasteiger partial charge < -0.3 is 20.1 Å². The monoisotopic (exact) mass is 567 g/mol. The lowest BCUT2D eigenvalue weighted by molar-refractivity contribution is 0.0535. The first kappa shape index (κ1) is 27.8. The van der Waals surface area contributed by atoms with Crippen molar-refractivity contribution in [2.75, 3.05) is 13.2 Å². The normalized spacial score (nSPS) is 11.7. The van der Waals surface area contributed by atoms with Crippen molar-refractivity contribution in [2.45, 2.75) is 6.10 Å². The van der Waals surface area contributed by atoms with Crippen molar-refractivity contribution in [3.05, 3.63) is 127 Å². The van der Waals surface area contributed by atoms with Crippen LogP contribution in [0, 0.1) is 0 Å². The molecule has 212 valence electrons. The van der Waals surface area contributed by atoms with Gasteiger partial charge in [-0.05, 0) is 34.4 Å². The molecule has 3 N–H and O–H groups in total. The van der Waals surface area contributed by atoms with E-state index in [2.05, 4.69) is 24.3 Å². The van der Waals surface area contributed by atoms with E-state index < -0.39 is 12.7 Å². The van der Waals surface area contributed by atoms with Gasteiger partial charge in [-0.1, -0.05) is 109 Å². The highest BCUT2D eigenvalue weighted by Crippen LogP contribution is 2.33. The molecule has 43 heavy (non-hydrogen) atoms. The summed E-state index contributed by atoms with van der Waals surface area (Å²) in [6.07, 6.45) is -1.02. The number of ether oxygens (including phenoxy) is 1. The molecule has 0 amide bonds. The predicted molar refractivity (Wildman–Crippen MR) is 167 cm³/mol. The number of aliphatic hydroxyl groups excluding tert-OH is 2. The number of hydrogen-bond donors (Lipinski definition) is 3. The van der Waals surface area contributed by atoms with Crippen LogP contribution in [-0.2, 0) is 0 Å². The van der Waals surface area contributed by atoms with Gasteiger partial charge in [0.2, 0.25) is 0 Å². The van der Waals surface area contributed by atoms with E-state index in [1.807, 2.05) is 84.9 Å². The van der Waals surface area contributed by atoms with Crippen LogP contribution in [-0.4, -0.2) is 49.6 Å². The Labute approximate surface area is 249 Å². The molecule has 0 saturated carbocycles.